The minimum atomic E-state index is -1.17. The second-order valence-corrected chi connectivity index (χ2v) is 14.8. The fourth-order valence-corrected chi connectivity index (χ4v) is 6.29. The van der Waals surface area contributed by atoms with E-state index in [1.165, 1.54) is 4.90 Å². The lowest BCUT2D eigenvalue weighted by Gasteiger charge is -2.46. The van der Waals surface area contributed by atoms with Crippen LogP contribution in [0.15, 0.2) is 96.0 Å². The Morgan fingerprint density at radius 3 is 1.72 bits per heavy atom. The van der Waals surface area contributed by atoms with E-state index in [9.17, 15) is 28.8 Å². The van der Waals surface area contributed by atoms with Gasteiger partial charge < -0.3 is 29.3 Å². The predicted octanol–water partition coefficient (Wildman–Crippen LogP) is 4.83. The van der Waals surface area contributed by atoms with Crippen LogP contribution in [0.5, 0.6) is 0 Å². The maximum absolute atomic E-state index is 13.7. The number of nitrogens with zero attached hydrogens (tertiary/aromatic N) is 4. The van der Waals surface area contributed by atoms with E-state index in [0.717, 1.165) is 21.6 Å². The van der Waals surface area contributed by atoms with Crippen LogP contribution in [0.1, 0.15) is 50.3 Å². The number of piperazine rings is 1. The molecule has 2 atom stereocenters. The number of amides is 7. The summed E-state index contributed by atoms with van der Waals surface area (Å²) < 4.78 is 16.2. The van der Waals surface area contributed by atoms with E-state index >= 15 is 0 Å². The highest BCUT2D eigenvalue weighted by molar-refractivity contribution is 6.08. The molecule has 308 valence electrons. The largest absolute Gasteiger partial charge is 0.464 e. The maximum atomic E-state index is 13.7. The first-order valence-electron chi connectivity index (χ1n) is 19.3. The van der Waals surface area contributed by atoms with Crippen molar-refractivity contribution >= 4 is 42.1 Å². The molecule has 3 aromatic rings. The number of nitrogens with one attached hydrogen (secondary N) is 3. The third-order valence-corrected chi connectivity index (χ3v) is 9.27. The van der Waals surface area contributed by atoms with E-state index in [1.807, 2.05) is 87.5 Å². The zero-order valence-electron chi connectivity index (χ0n) is 33.1. The lowest BCUT2D eigenvalue weighted by molar-refractivity contribution is -0.170. The summed E-state index contributed by atoms with van der Waals surface area (Å²) in [4.78, 5) is 87.3. The maximum Gasteiger partial charge on any atom is 0.414 e. The average Bonchev–Trinajstić information content (AvgIpc) is 3.21. The second-order valence-electron chi connectivity index (χ2n) is 14.8. The summed E-state index contributed by atoms with van der Waals surface area (Å²) in [6.07, 6.45) is -0.913. The van der Waals surface area contributed by atoms with Gasteiger partial charge in [0.15, 0.2) is 6.04 Å². The van der Waals surface area contributed by atoms with Gasteiger partial charge in [0.2, 0.25) is 11.9 Å². The van der Waals surface area contributed by atoms with Crippen molar-refractivity contribution in [2.45, 2.75) is 64.8 Å². The molecule has 2 aliphatic heterocycles. The van der Waals surface area contributed by atoms with Crippen molar-refractivity contribution in [1.29, 1.82) is 0 Å². The van der Waals surface area contributed by atoms with Gasteiger partial charge in [0, 0.05) is 44.7 Å². The van der Waals surface area contributed by atoms with Crippen molar-refractivity contribution in [3.63, 3.8) is 0 Å². The van der Waals surface area contributed by atoms with E-state index in [1.54, 1.807) is 29.2 Å². The molecule has 0 saturated carbocycles. The smallest absolute Gasteiger partial charge is 0.414 e. The van der Waals surface area contributed by atoms with Gasteiger partial charge in [0.25, 0.3) is 0 Å². The Morgan fingerprint density at radius 1 is 0.707 bits per heavy atom. The zero-order chi connectivity index (χ0) is 41.5. The summed E-state index contributed by atoms with van der Waals surface area (Å²) in [7, 11) is 0. The first-order chi connectivity index (χ1) is 27.9. The molecular formula is C42H51N7O9. The molecule has 0 radical (unpaired) electrons. The SMILES string of the molecule is CC(C)(C)NC(=O)N1CCN(C(=O)N2C(=O)[C@H](CCCN=C(NC(=O)OCc3ccccc3)NC(=O)OCc3ccccc3)C2C(=O)OCCc2ccccc2)CC1. The first kappa shape index (κ1) is 42.7. The molecule has 3 aromatic carbocycles. The van der Waals surface area contributed by atoms with E-state index in [2.05, 4.69) is 20.9 Å². The number of urea groups is 2. The third-order valence-electron chi connectivity index (χ3n) is 9.27. The van der Waals surface area contributed by atoms with Crippen molar-refractivity contribution < 1.29 is 43.0 Å². The number of aliphatic imine (C=N–C) groups is 1. The number of esters is 1. The number of carbonyl (C=O) groups excluding carboxylic acids is 6. The number of rotatable bonds is 12. The van der Waals surface area contributed by atoms with Crippen LogP contribution in [0, 0.1) is 5.92 Å². The third kappa shape index (κ3) is 12.8. The Hall–Kier alpha value is -6.45. The van der Waals surface area contributed by atoms with Gasteiger partial charge in [-0.25, -0.2) is 28.9 Å². The topological polar surface area (TPSA) is 188 Å². The number of ether oxygens (including phenoxy) is 3. The second kappa shape index (κ2) is 20.6. The van der Waals surface area contributed by atoms with Crippen LogP contribution >= 0.6 is 0 Å². The standard InChI is InChI=1S/C42H51N7O9/c1-42(2,3)46-38(52)47-23-25-48(26-24-47)41(55)49-34(36(51)56-27-21-30-14-7-4-8-15-30)33(35(49)50)20-13-22-43-37(44-39(53)57-28-31-16-9-5-10-17-31)45-40(54)58-29-32-18-11-6-12-19-32/h4-12,14-19,33-34H,13,20-29H2,1-3H3,(H,46,52)(H2,43,44,45,53,54)/t33-,34?/m1/s1. The van der Waals surface area contributed by atoms with E-state index in [0.29, 0.717) is 6.42 Å². The first-order valence-corrected chi connectivity index (χ1v) is 19.3. The molecule has 0 bridgehead atoms. The van der Waals surface area contributed by atoms with E-state index in [-0.39, 0.29) is 77.4 Å². The number of hydrogen-bond acceptors (Lipinski definition) is 10. The van der Waals surface area contributed by atoms with Crippen molar-refractivity contribution in [3.05, 3.63) is 108 Å². The van der Waals surface area contributed by atoms with Gasteiger partial charge in [0.05, 0.1) is 12.5 Å². The molecule has 0 spiro atoms. The summed E-state index contributed by atoms with van der Waals surface area (Å²) in [6.45, 7) is 6.52. The Balaban J connectivity index is 1.21. The fraction of sp³-hybridized carbons (Fsp3) is 0.405. The zero-order valence-corrected chi connectivity index (χ0v) is 33.1. The van der Waals surface area contributed by atoms with Crippen molar-refractivity contribution in [2.75, 3.05) is 39.3 Å². The molecule has 1 unspecified atom stereocenters. The van der Waals surface area contributed by atoms with Crippen molar-refractivity contribution in [1.82, 2.24) is 30.7 Å². The van der Waals surface area contributed by atoms with Gasteiger partial charge in [-0.2, -0.15) is 0 Å². The van der Waals surface area contributed by atoms with Crippen molar-refractivity contribution in [2.24, 2.45) is 10.9 Å². The van der Waals surface area contributed by atoms with Crippen LogP contribution in [0.2, 0.25) is 0 Å². The molecule has 16 nitrogen and oxygen atoms in total. The molecule has 58 heavy (non-hydrogen) atoms. The Morgan fingerprint density at radius 2 is 1.21 bits per heavy atom. The average molecular weight is 798 g/mol. The number of guanidine groups is 1. The van der Waals surface area contributed by atoms with Crippen molar-refractivity contribution in [3.8, 4) is 0 Å². The highest BCUT2D eigenvalue weighted by atomic mass is 16.6. The number of carbonyl (C=O) groups is 6. The molecule has 5 rings (SSSR count). The predicted molar refractivity (Wildman–Crippen MR) is 213 cm³/mol. The van der Waals surface area contributed by atoms with Crippen LogP contribution in [-0.4, -0.2) is 108 Å². The molecular weight excluding hydrogens is 747 g/mol. The van der Waals surface area contributed by atoms with Crippen LogP contribution in [0.25, 0.3) is 0 Å². The Kier molecular flexibility index (Phi) is 15.2. The number of benzene rings is 3. The molecule has 0 aliphatic carbocycles. The number of likely N-dealkylation sites (tertiary alicyclic amines) is 1. The van der Waals surface area contributed by atoms with Crippen LogP contribution in [0.4, 0.5) is 19.2 Å². The van der Waals surface area contributed by atoms with Crippen LogP contribution in [0.3, 0.4) is 0 Å². The van der Waals surface area contributed by atoms with Gasteiger partial charge in [-0.1, -0.05) is 91.0 Å². The van der Waals surface area contributed by atoms with E-state index < -0.39 is 47.6 Å². The summed E-state index contributed by atoms with van der Waals surface area (Å²) in [5.74, 6) is -2.34. The summed E-state index contributed by atoms with van der Waals surface area (Å²) in [5, 5.41) is 7.78. The van der Waals surface area contributed by atoms with Crippen LogP contribution < -0.4 is 16.0 Å². The lowest BCUT2D eigenvalue weighted by atomic mass is 9.83. The normalized spacial score (nSPS) is 16.3. The molecule has 0 aromatic heterocycles. The molecule has 2 saturated heterocycles. The van der Waals surface area contributed by atoms with Crippen LogP contribution in [-0.2, 0) is 43.4 Å². The summed E-state index contributed by atoms with van der Waals surface area (Å²) >= 11 is 0. The lowest BCUT2D eigenvalue weighted by Crippen LogP contribution is -2.70. The Labute approximate surface area is 337 Å². The monoisotopic (exact) mass is 797 g/mol. The van der Waals surface area contributed by atoms with Gasteiger partial charge in [-0.3, -0.25) is 20.4 Å². The van der Waals surface area contributed by atoms with Gasteiger partial charge in [0.1, 0.15) is 13.2 Å². The Bertz CT molecular complexity index is 1840. The summed E-state index contributed by atoms with van der Waals surface area (Å²) in [6, 6.07) is 25.5. The molecule has 7 amide bonds. The minimum Gasteiger partial charge on any atom is -0.464 e. The number of imide groups is 1. The minimum absolute atomic E-state index is 0.0132. The molecule has 2 fully saturated rings. The molecule has 2 heterocycles. The number of hydrogen-bond donors (Lipinski definition) is 3. The quantitative estimate of drug-likeness (QED) is 0.0576. The van der Waals surface area contributed by atoms with Gasteiger partial charge in [-0.15, -0.1) is 0 Å². The van der Waals surface area contributed by atoms with Gasteiger partial charge >= 0.3 is 30.2 Å². The van der Waals surface area contributed by atoms with Gasteiger partial charge in [-0.05, 0) is 50.3 Å². The molecule has 3 N–H and O–H groups in total. The summed E-state index contributed by atoms with van der Waals surface area (Å²) in [5.41, 5.74) is 2.03. The number of alkyl carbamates (subject to hydrolysis) is 2. The molecule has 16 heteroatoms. The van der Waals surface area contributed by atoms with E-state index in [4.69, 9.17) is 14.2 Å². The number of β-lactam (4-membered cyclic amide) rings is 1. The highest BCUT2D eigenvalue weighted by Gasteiger charge is 2.56. The highest BCUT2D eigenvalue weighted by Crippen LogP contribution is 2.33. The molecule has 2 aliphatic rings. The fourth-order valence-electron chi connectivity index (χ4n) is 6.29.